The molecule has 11 heteroatoms. The van der Waals surface area contributed by atoms with Crippen LogP contribution in [-0.4, -0.2) is 100 Å². The maximum atomic E-state index is 13.0. The zero-order valence-corrected chi connectivity index (χ0v) is 40.7. The zero-order chi connectivity index (χ0) is 46.7. The van der Waals surface area contributed by atoms with E-state index in [2.05, 4.69) is 43.5 Å². The summed E-state index contributed by atoms with van der Waals surface area (Å²) >= 11 is 0. The van der Waals surface area contributed by atoms with E-state index < -0.39 is 49.5 Å². The molecule has 7 unspecified atom stereocenters. The fourth-order valence-corrected chi connectivity index (χ4v) is 7.95. The second-order valence-corrected chi connectivity index (χ2v) is 18.2. The predicted molar refractivity (Wildman–Crippen MR) is 260 cm³/mol. The Hall–Kier alpha value is -2.12. The van der Waals surface area contributed by atoms with Crippen LogP contribution in [0, 0.1) is 0 Å². The third kappa shape index (κ3) is 33.4. The summed E-state index contributed by atoms with van der Waals surface area (Å²) in [7, 11) is 0. The number of aliphatic hydroxyl groups is 5. The minimum atomic E-state index is -1.58. The Bertz CT molecular complexity index is 1160. The van der Waals surface area contributed by atoms with Crippen molar-refractivity contribution in [3.8, 4) is 0 Å². The first kappa shape index (κ1) is 59.9. The van der Waals surface area contributed by atoms with Gasteiger partial charge in [-0.2, -0.15) is 0 Å². The van der Waals surface area contributed by atoms with Crippen LogP contribution in [0.1, 0.15) is 226 Å². The molecule has 1 aliphatic heterocycles. The molecular formula is C53H97NO10. The number of hydrogen-bond donors (Lipinski definition) is 6. The maximum Gasteiger partial charge on any atom is 0.305 e. The molecule has 64 heavy (non-hydrogen) atoms. The second kappa shape index (κ2) is 43.5. The van der Waals surface area contributed by atoms with Crippen LogP contribution in [0.3, 0.4) is 0 Å². The van der Waals surface area contributed by atoms with Gasteiger partial charge in [0.15, 0.2) is 6.29 Å². The van der Waals surface area contributed by atoms with E-state index in [1.807, 2.05) is 6.08 Å². The molecule has 0 saturated carbocycles. The lowest BCUT2D eigenvalue weighted by Gasteiger charge is -2.40. The minimum Gasteiger partial charge on any atom is -0.466 e. The van der Waals surface area contributed by atoms with E-state index in [1.54, 1.807) is 6.08 Å². The van der Waals surface area contributed by atoms with Crippen LogP contribution in [0.15, 0.2) is 36.5 Å². The highest BCUT2D eigenvalue weighted by molar-refractivity contribution is 5.76. The van der Waals surface area contributed by atoms with Gasteiger partial charge in [-0.15, -0.1) is 0 Å². The number of ether oxygens (including phenoxy) is 3. The van der Waals surface area contributed by atoms with Gasteiger partial charge in [0.2, 0.25) is 5.91 Å². The summed E-state index contributed by atoms with van der Waals surface area (Å²) in [6.45, 7) is 4.22. The van der Waals surface area contributed by atoms with E-state index in [4.69, 9.17) is 14.2 Å². The highest BCUT2D eigenvalue weighted by atomic mass is 16.7. The summed E-state index contributed by atoms with van der Waals surface area (Å²) in [6, 6.07) is -0.820. The van der Waals surface area contributed by atoms with Crippen molar-refractivity contribution >= 4 is 11.9 Å². The number of unbranched alkanes of at least 4 members (excludes halogenated alkanes) is 26. The van der Waals surface area contributed by atoms with Crippen molar-refractivity contribution in [3.63, 3.8) is 0 Å². The first-order valence-electron chi connectivity index (χ1n) is 26.3. The Morgan fingerprint density at radius 1 is 0.562 bits per heavy atom. The fourth-order valence-electron chi connectivity index (χ4n) is 7.95. The molecule has 0 aromatic heterocycles. The second-order valence-electron chi connectivity index (χ2n) is 18.2. The van der Waals surface area contributed by atoms with E-state index in [0.29, 0.717) is 19.4 Å². The number of nitrogens with one attached hydrogen (secondary N) is 1. The summed E-state index contributed by atoms with van der Waals surface area (Å²) in [5.74, 6) is -0.241. The summed E-state index contributed by atoms with van der Waals surface area (Å²) in [5.41, 5.74) is 0. The number of rotatable bonds is 44. The quantitative estimate of drug-likeness (QED) is 0.0196. The molecule has 6 N–H and O–H groups in total. The number of hydrogen-bond acceptors (Lipinski definition) is 10. The van der Waals surface area contributed by atoms with Crippen molar-refractivity contribution < 1.29 is 49.3 Å². The Morgan fingerprint density at radius 3 is 1.53 bits per heavy atom. The Labute approximate surface area is 390 Å². The lowest BCUT2D eigenvalue weighted by atomic mass is 9.99. The molecule has 374 valence electrons. The molecule has 11 nitrogen and oxygen atoms in total. The van der Waals surface area contributed by atoms with E-state index in [-0.39, 0.29) is 18.5 Å². The van der Waals surface area contributed by atoms with E-state index >= 15 is 0 Å². The fraction of sp³-hybridized carbons (Fsp3) is 0.849. The summed E-state index contributed by atoms with van der Waals surface area (Å²) in [5, 5.41) is 54.1. The smallest absolute Gasteiger partial charge is 0.305 e. The van der Waals surface area contributed by atoms with Crippen LogP contribution in [0.25, 0.3) is 0 Å². The van der Waals surface area contributed by atoms with Crippen molar-refractivity contribution in [2.75, 3.05) is 19.8 Å². The molecule has 1 saturated heterocycles. The highest BCUT2D eigenvalue weighted by Crippen LogP contribution is 2.23. The lowest BCUT2D eigenvalue weighted by Crippen LogP contribution is -2.60. The van der Waals surface area contributed by atoms with Gasteiger partial charge in [0, 0.05) is 12.8 Å². The number of carbonyl (C=O) groups is 2. The average molecular weight is 908 g/mol. The Balaban J connectivity index is 2.13. The molecule has 0 bridgehead atoms. The van der Waals surface area contributed by atoms with Gasteiger partial charge < -0.3 is 45.1 Å². The predicted octanol–water partition coefficient (Wildman–Crippen LogP) is 10.8. The van der Waals surface area contributed by atoms with E-state index in [0.717, 1.165) is 89.9 Å². The third-order valence-corrected chi connectivity index (χ3v) is 12.2. The topological polar surface area (TPSA) is 175 Å². The van der Waals surface area contributed by atoms with Gasteiger partial charge in [0.05, 0.1) is 32.0 Å². The first-order chi connectivity index (χ1) is 31.2. The molecular weight excluding hydrogens is 811 g/mol. The SMILES string of the molecule is CCCCC/C=C\CCCCCCCC(=O)OCCCCCC/C=C\CCCCCCCCCC(=O)NC(COC1OC(CO)C(O)C(O)C1O)C(O)/C=C/CCCCCCCCC. The van der Waals surface area contributed by atoms with Crippen molar-refractivity contribution in [2.24, 2.45) is 0 Å². The van der Waals surface area contributed by atoms with Crippen LogP contribution in [0.2, 0.25) is 0 Å². The number of esters is 1. The van der Waals surface area contributed by atoms with Crippen molar-refractivity contribution in [1.82, 2.24) is 5.32 Å². The lowest BCUT2D eigenvalue weighted by molar-refractivity contribution is -0.302. The number of carbonyl (C=O) groups excluding carboxylic acids is 2. The summed E-state index contributed by atoms with van der Waals surface area (Å²) in [6.07, 6.45) is 40.9. The van der Waals surface area contributed by atoms with Gasteiger partial charge in [0.1, 0.15) is 24.4 Å². The van der Waals surface area contributed by atoms with Crippen molar-refractivity contribution in [3.05, 3.63) is 36.5 Å². The van der Waals surface area contributed by atoms with Crippen LogP contribution >= 0.6 is 0 Å². The van der Waals surface area contributed by atoms with Crippen molar-refractivity contribution in [1.29, 1.82) is 0 Å². The van der Waals surface area contributed by atoms with Gasteiger partial charge in [-0.1, -0.05) is 166 Å². The largest absolute Gasteiger partial charge is 0.466 e. The average Bonchev–Trinajstić information content (AvgIpc) is 3.29. The van der Waals surface area contributed by atoms with Crippen LogP contribution in [0.5, 0.6) is 0 Å². The molecule has 1 amide bonds. The van der Waals surface area contributed by atoms with Gasteiger partial charge in [-0.3, -0.25) is 9.59 Å². The maximum absolute atomic E-state index is 13.0. The van der Waals surface area contributed by atoms with Gasteiger partial charge >= 0.3 is 5.97 Å². The normalized spacial score (nSPS) is 20.1. The summed E-state index contributed by atoms with van der Waals surface area (Å²) < 4.78 is 16.6. The molecule has 0 aromatic rings. The molecule has 7 atom stereocenters. The van der Waals surface area contributed by atoms with Gasteiger partial charge in [0.25, 0.3) is 0 Å². The Kier molecular flexibility index (Phi) is 40.7. The molecule has 1 aliphatic rings. The molecule has 0 aliphatic carbocycles. The van der Waals surface area contributed by atoms with E-state index in [1.165, 1.54) is 109 Å². The standard InChI is InChI=1S/C53H97NO10/c1-3-5-7-9-11-13-14-21-25-29-33-37-41-49(58)62-42-38-34-30-26-22-19-17-15-16-18-20-24-28-32-36-40-48(57)54-45(46(56)39-35-31-27-23-12-10-8-6-4-2)44-63-53-52(61)51(60)50(59)47(43-55)64-53/h11,13,17,19,35,39,45-47,50-53,55-56,59-61H,3-10,12,14-16,18,20-34,36-38,40-44H2,1-2H3,(H,54,57)/b13-11-,19-17-,39-35+. The monoisotopic (exact) mass is 908 g/mol. The molecule has 0 spiro atoms. The number of allylic oxidation sites excluding steroid dienone is 5. The van der Waals surface area contributed by atoms with E-state index in [9.17, 15) is 35.1 Å². The van der Waals surface area contributed by atoms with Crippen LogP contribution in [0.4, 0.5) is 0 Å². The zero-order valence-electron chi connectivity index (χ0n) is 40.7. The number of aliphatic hydroxyl groups excluding tert-OH is 5. The molecule has 1 heterocycles. The van der Waals surface area contributed by atoms with Crippen LogP contribution < -0.4 is 5.32 Å². The molecule has 0 radical (unpaired) electrons. The Morgan fingerprint density at radius 2 is 1.00 bits per heavy atom. The molecule has 1 rings (SSSR count). The highest BCUT2D eigenvalue weighted by Gasteiger charge is 2.44. The number of amides is 1. The van der Waals surface area contributed by atoms with Crippen molar-refractivity contribution in [2.45, 2.75) is 269 Å². The minimum absolute atomic E-state index is 0.0404. The van der Waals surface area contributed by atoms with Gasteiger partial charge in [-0.25, -0.2) is 0 Å². The van der Waals surface area contributed by atoms with Gasteiger partial charge in [-0.05, 0) is 83.5 Å². The first-order valence-corrected chi connectivity index (χ1v) is 26.3. The third-order valence-electron chi connectivity index (χ3n) is 12.2. The van der Waals surface area contributed by atoms with Crippen LogP contribution in [-0.2, 0) is 23.8 Å². The summed E-state index contributed by atoms with van der Waals surface area (Å²) in [4.78, 5) is 25.0. The molecule has 0 aromatic carbocycles. The molecule has 1 fully saturated rings.